The third-order valence-corrected chi connectivity index (χ3v) is 3.97. The van der Waals surface area contributed by atoms with E-state index in [0.29, 0.717) is 23.3 Å². The summed E-state index contributed by atoms with van der Waals surface area (Å²) in [5.74, 6) is 1.49. The van der Waals surface area contributed by atoms with Gasteiger partial charge in [-0.1, -0.05) is 59.6 Å². The highest BCUT2D eigenvalue weighted by atomic mass is 35.5. The van der Waals surface area contributed by atoms with Gasteiger partial charge in [0.1, 0.15) is 24.7 Å². The Kier molecular flexibility index (Phi) is 5.63. The van der Waals surface area contributed by atoms with Gasteiger partial charge in [0.25, 0.3) is 0 Å². The SMILES string of the molecule is Clc1cccc(OCc2ccccc2COc2cccc(Cl)c2)c1. The molecule has 122 valence electrons. The number of ether oxygens (including phenoxy) is 2. The smallest absolute Gasteiger partial charge is 0.121 e. The van der Waals surface area contributed by atoms with E-state index in [2.05, 4.69) is 0 Å². The van der Waals surface area contributed by atoms with Crippen LogP contribution in [0, 0.1) is 0 Å². The van der Waals surface area contributed by atoms with Crippen molar-refractivity contribution in [2.45, 2.75) is 13.2 Å². The molecule has 0 spiro atoms. The fourth-order valence-corrected chi connectivity index (χ4v) is 2.64. The van der Waals surface area contributed by atoms with Crippen molar-refractivity contribution in [2.24, 2.45) is 0 Å². The van der Waals surface area contributed by atoms with Gasteiger partial charge in [0.15, 0.2) is 0 Å². The van der Waals surface area contributed by atoms with E-state index in [1.165, 1.54) is 0 Å². The van der Waals surface area contributed by atoms with E-state index in [1.807, 2.05) is 60.7 Å². The molecule has 0 aliphatic heterocycles. The summed E-state index contributed by atoms with van der Waals surface area (Å²) in [6.07, 6.45) is 0. The Hall–Kier alpha value is -2.16. The molecule has 0 N–H and O–H groups in total. The average molecular weight is 359 g/mol. The molecule has 0 saturated carbocycles. The Labute approximate surface area is 151 Å². The molecule has 4 heteroatoms. The van der Waals surface area contributed by atoms with Crippen LogP contribution in [0.25, 0.3) is 0 Å². The van der Waals surface area contributed by atoms with E-state index >= 15 is 0 Å². The fourth-order valence-electron chi connectivity index (χ4n) is 2.27. The van der Waals surface area contributed by atoms with Crippen LogP contribution in [0.4, 0.5) is 0 Å². The Morgan fingerprint density at radius 2 is 1.04 bits per heavy atom. The molecule has 24 heavy (non-hydrogen) atoms. The van der Waals surface area contributed by atoms with Crippen molar-refractivity contribution >= 4 is 23.2 Å². The zero-order chi connectivity index (χ0) is 16.8. The predicted octanol–water partition coefficient (Wildman–Crippen LogP) is 6.15. The maximum atomic E-state index is 5.98. The topological polar surface area (TPSA) is 18.5 Å². The van der Waals surface area contributed by atoms with Crippen LogP contribution < -0.4 is 9.47 Å². The first-order chi connectivity index (χ1) is 11.7. The van der Waals surface area contributed by atoms with Crippen LogP contribution in [0.5, 0.6) is 11.5 Å². The second-order valence-corrected chi connectivity index (χ2v) is 6.13. The summed E-state index contributed by atoms with van der Waals surface area (Å²) in [4.78, 5) is 0. The van der Waals surface area contributed by atoms with Crippen molar-refractivity contribution < 1.29 is 9.47 Å². The highest BCUT2D eigenvalue weighted by Crippen LogP contribution is 2.21. The summed E-state index contributed by atoms with van der Waals surface area (Å²) < 4.78 is 11.6. The largest absolute Gasteiger partial charge is 0.489 e. The van der Waals surface area contributed by atoms with Crippen LogP contribution in [0.2, 0.25) is 10.0 Å². The lowest BCUT2D eigenvalue weighted by Gasteiger charge is -2.12. The minimum absolute atomic E-state index is 0.454. The molecule has 2 nitrogen and oxygen atoms in total. The molecule has 0 radical (unpaired) electrons. The van der Waals surface area contributed by atoms with Crippen molar-refractivity contribution in [3.8, 4) is 11.5 Å². The monoisotopic (exact) mass is 358 g/mol. The minimum Gasteiger partial charge on any atom is -0.489 e. The summed E-state index contributed by atoms with van der Waals surface area (Å²) in [5, 5.41) is 1.31. The summed E-state index contributed by atoms with van der Waals surface area (Å²) in [6, 6.07) is 22.8. The van der Waals surface area contributed by atoms with Gasteiger partial charge in [-0.2, -0.15) is 0 Å². The molecule has 3 aromatic rings. The fraction of sp³-hybridized carbons (Fsp3) is 0.100. The quantitative estimate of drug-likeness (QED) is 0.525. The van der Waals surface area contributed by atoms with Gasteiger partial charge in [-0.25, -0.2) is 0 Å². The molecule has 0 atom stereocenters. The van der Waals surface area contributed by atoms with Crippen LogP contribution in [0.3, 0.4) is 0 Å². The standard InChI is InChI=1S/C20H16Cl2O2/c21-17-7-3-9-19(11-17)23-13-15-5-1-2-6-16(15)14-24-20-10-4-8-18(22)12-20/h1-12H,13-14H2. The van der Waals surface area contributed by atoms with Gasteiger partial charge < -0.3 is 9.47 Å². The van der Waals surface area contributed by atoms with E-state index in [4.69, 9.17) is 32.7 Å². The number of hydrogen-bond donors (Lipinski definition) is 0. The Bertz CT molecular complexity index is 749. The molecule has 0 aliphatic carbocycles. The molecule has 0 aromatic heterocycles. The van der Waals surface area contributed by atoms with E-state index in [-0.39, 0.29) is 0 Å². The molecule has 3 aromatic carbocycles. The maximum absolute atomic E-state index is 5.98. The van der Waals surface area contributed by atoms with Gasteiger partial charge in [-0.3, -0.25) is 0 Å². The zero-order valence-corrected chi connectivity index (χ0v) is 14.4. The van der Waals surface area contributed by atoms with Crippen molar-refractivity contribution in [1.82, 2.24) is 0 Å². The first-order valence-electron chi connectivity index (χ1n) is 7.54. The summed E-state index contributed by atoms with van der Waals surface area (Å²) in [6.45, 7) is 0.908. The molecular weight excluding hydrogens is 343 g/mol. The van der Waals surface area contributed by atoms with Crippen LogP contribution in [-0.4, -0.2) is 0 Å². The normalized spacial score (nSPS) is 10.4. The lowest BCUT2D eigenvalue weighted by atomic mass is 10.1. The number of hydrogen-bond acceptors (Lipinski definition) is 2. The van der Waals surface area contributed by atoms with Gasteiger partial charge in [0, 0.05) is 10.0 Å². The molecule has 0 unspecified atom stereocenters. The van der Waals surface area contributed by atoms with Gasteiger partial charge in [-0.05, 0) is 47.5 Å². The molecular formula is C20H16Cl2O2. The molecule has 3 rings (SSSR count). The van der Waals surface area contributed by atoms with Crippen LogP contribution in [0.1, 0.15) is 11.1 Å². The van der Waals surface area contributed by atoms with Gasteiger partial charge in [-0.15, -0.1) is 0 Å². The van der Waals surface area contributed by atoms with Crippen molar-refractivity contribution in [2.75, 3.05) is 0 Å². The molecule has 0 bridgehead atoms. The number of rotatable bonds is 6. The first kappa shape index (κ1) is 16.7. The first-order valence-corrected chi connectivity index (χ1v) is 8.30. The van der Waals surface area contributed by atoms with Crippen LogP contribution in [0.15, 0.2) is 72.8 Å². The average Bonchev–Trinajstić information content (AvgIpc) is 2.59. The molecule has 0 fully saturated rings. The summed E-state index contributed by atoms with van der Waals surface area (Å²) >= 11 is 12.0. The van der Waals surface area contributed by atoms with E-state index in [1.54, 1.807) is 12.1 Å². The van der Waals surface area contributed by atoms with Crippen LogP contribution >= 0.6 is 23.2 Å². The third kappa shape index (κ3) is 4.67. The van der Waals surface area contributed by atoms with Crippen molar-refractivity contribution in [3.05, 3.63) is 94.0 Å². The minimum atomic E-state index is 0.454. The van der Waals surface area contributed by atoms with Crippen molar-refractivity contribution in [3.63, 3.8) is 0 Å². The highest BCUT2D eigenvalue weighted by molar-refractivity contribution is 6.31. The highest BCUT2D eigenvalue weighted by Gasteiger charge is 2.05. The Morgan fingerprint density at radius 1 is 0.583 bits per heavy atom. The molecule has 0 aliphatic rings. The summed E-state index contributed by atoms with van der Waals surface area (Å²) in [5.41, 5.74) is 2.14. The van der Waals surface area contributed by atoms with E-state index < -0.39 is 0 Å². The number of halogens is 2. The molecule has 0 heterocycles. The zero-order valence-electron chi connectivity index (χ0n) is 12.9. The van der Waals surface area contributed by atoms with Crippen molar-refractivity contribution in [1.29, 1.82) is 0 Å². The van der Waals surface area contributed by atoms with Gasteiger partial charge in [0.2, 0.25) is 0 Å². The van der Waals surface area contributed by atoms with E-state index in [0.717, 1.165) is 22.6 Å². The third-order valence-electron chi connectivity index (χ3n) is 3.50. The Morgan fingerprint density at radius 3 is 1.46 bits per heavy atom. The number of benzene rings is 3. The Balaban J connectivity index is 1.66. The van der Waals surface area contributed by atoms with Gasteiger partial charge >= 0.3 is 0 Å². The molecule has 0 amide bonds. The molecule has 0 saturated heterocycles. The lowest BCUT2D eigenvalue weighted by Crippen LogP contribution is -2.03. The second kappa shape index (κ2) is 8.09. The second-order valence-electron chi connectivity index (χ2n) is 5.26. The lowest BCUT2D eigenvalue weighted by molar-refractivity contribution is 0.285. The van der Waals surface area contributed by atoms with Crippen LogP contribution in [-0.2, 0) is 13.2 Å². The van der Waals surface area contributed by atoms with Gasteiger partial charge in [0.05, 0.1) is 0 Å². The summed E-state index contributed by atoms with van der Waals surface area (Å²) in [7, 11) is 0. The van der Waals surface area contributed by atoms with E-state index in [9.17, 15) is 0 Å². The predicted molar refractivity (Wildman–Crippen MR) is 98.0 cm³/mol. The maximum Gasteiger partial charge on any atom is 0.121 e.